The number of carbonyl (C=O) groups excluding carboxylic acids is 1. The number of morpholine rings is 1. The molecule has 1 unspecified atom stereocenters. The second kappa shape index (κ2) is 5.51. The van der Waals surface area contributed by atoms with E-state index in [1.165, 1.54) is 0 Å². The maximum Gasteiger partial charge on any atom is 0.300 e. The number of hydrogen-bond acceptors (Lipinski definition) is 5. The Morgan fingerprint density at radius 2 is 2.44 bits per heavy atom. The van der Waals surface area contributed by atoms with Crippen LogP contribution in [-0.2, 0) is 11.3 Å². The van der Waals surface area contributed by atoms with Crippen LogP contribution >= 0.6 is 0 Å². The number of nitrogens with two attached hydrogens (primary N) is 1. The molecule has 100 valence electrons. The van der Waals surface area contributed by atoms with E-state index in [2.05, 4.69) is 17.2 Å². The van der Waals surface area contributed by atoms with Gasteiger partial charge in [-0.05, 0) is 19.9 Å². The summed E-state index contributed by atoms with van der Waals surface area (Å²) in [7, 11) is 0. The molecule has 1 saturated heterocycles. The molecule has 1 amide bonds. The van der Waals surface area contributed by atoms with Gasteiger partial charge in [-0.1, -0.05) is 0 Å². The molecule has 0 radical (unpaired) electrons. The van der Waals surface area contributed by atoms with E-state index in [-0.39, 0.29) is 11.9 Å². The van der Waals surface area contributed by atoms with Crippen molar-refractivity contribution in [3.63, 3.8) is 0 Å². The Labute approximate surface area is 106 Å². The molecule has 0 bridgehead atoms. The molecule has 0 saturated carbocycles. The quantitative estimate of drug-likeness (QED) is 0.463. The molecule has 0 aromatic carbocycles. The number of nitrogens with zero attached hydrogens (tertiary/aromatic N) is 1. The molecule has 1 aliphatic rings. The number of nitrogen functional groups attached to an aromatic ring is 1. The molecule has 2 heterocycles. The zero-order valence-electron chi connectivity index (χ0n) is 10.7. The van der Waals surface area contributed by atoms with Crippen molar-refractivity contribution >= 4 is 5.91 Å². The minimum absolute atomic E-state index is 0.248. The summed E-state index contributed by atoms with van der Waals surface area (Å²) in [6, 6.07) is 1.75. The molecule has 0 aliphatic carbocycles. The highest BCUT2D eigenvalue weighted by atomic mass is 16.5. The molecule has 1 aliphatic heterocycles. The first kappa shape index (κ1) is 13.1. The van der Waals surface area contributed by atoms with Gasteiger partial charge in [-0.3, -0.25) is 15.1 Å². The lowest BCUT2D eigenvalue weighted by Crippen LogP contribution is -2.40. The maximum atomic E-state index is 11.4. The first-order valence-corrected chi connectivity index (χ1v) is 6.04. The van der Waals surface area contributed by atoms with E-state index in [0.29, 0.717) is 0 Å². The molecule has 1 atom stereocenters. The second-order valence-electron chi connectivity index (χ2n) is 4.58. The van der Waals surface area contributed by atoms with E-state index >= 15 is 0 Å². The minimum atomic E-state index is -0.403. The summed E-state index contributed by atoms with van der Waals surface area (Å²) in [5.41, 5.74) is 3.08. The number of amides is 1. The maximum absolute atomic E-state index is 11.4. The fraction of sp³-hybridized carbons (Fsp3) is 0.583. The molecule has 3 N–H and O–H groups in total. The zero-order valence-corrected chi connectivity index (χ0v) is 10.7. The van der Waals surface area contributed by atoms with Crippen molar-refractivity contribution in [2.24, 2.45) is 5.84 Å². The van der Waals surface area contributed by atoms with Crippen LogP contribution in [0.5, 0.6) is 0 Å². The Morgan fingerprint density at radius 3 is 3.11 bits per heavy atom. The van der Waals surface area contributed by atoms with E-state index in [1.54, 1.807) is 6.07 Å². The first-order valence-electron chi connectivity index (χ1n) is 6.04. The van der Waals surface area contributed by atoms with Gasteiger partial charge in [0.05, 0.1) is 12.7 Å². The van der Waals surface area contributed by atoms with Gasteiger partial charge in [0.25, 0.3) is 0 Å². The van der Waals surface area contributed by atoms with Gasteiger partial charge in [-0.15, -0.1) is 0 Å². The summed E-state index contributed by atoms with van der Waals surface area (Å²) in [6.07, 6.45) is 0.248. The number of furan rings is 1. The van der Waals surface area contributed by atoms with Crippen LogP contribution in [0.3, 0.4) is 0 Å². The second-order valence-corrected chi connectivity index (χ2v) is 4.58. The van der Waals surface area contributed by atoms with Crippen LogP contribution in [0, 0.1) is 6.92 Å². The summed E-state index contributed by atoms with van der Waals surface area (Å²) in [5, 5.41) is 0. The average molecular weight is 253 g/mol. The molecule has 18 heavy (non-hydrogen) atoms. The fourth-order valence-electron chi connectivity index (χ4n) is 2.13. The molecule has 6 nitrogen and oxygen atoms in total. The number of hydrogen-bond donors (Lipinski definition) is 2. The molecule has 6 heteroatoms. The third kappa shape index (κ3) is 2.90. The predicted molar refractivity (Wildman–Crippen MR) is 65.8 cm³/mol. The van der Waals surface area contributed by atoms with Crippen LogP contribution in [0.4, 0.5) is 0 Å². The number of aryl methyl sites for hydroxylation is 1. The highest BCUT2D eigenvalue weighted by molar-refractivity contribution is 5.91. The van der Waals surface area contributed by atoms with Crippen LogP contribution < -0.4 is 11.3 Å². The van der Waals surface area contributed by atoms with E-state index < -0.39 is 5.91 Å². The molecule has 1 aromatic heterocycles. The fourth-order valence-corrected chi connectivity index (χ4v) is 2.13. The molecule has 0 spiro atoms. The van der Waals surface area contributed by atoms with E-state index in [9.17, 15) is 4.79 Å². The van der Waals surface area contributed by atoms with Gasteiger partial charge in [-0.2, -0.15) is 0 Å². The number of rotatable bonds is 3. The molecule has 1 fully saturated rings. The van der Waals surface area contributed by atoms with Gasteiger partial charge in [0.15, 0.2) is 5.76 Å². The monoisotopic (exact) mass is 253 g/mol. The minimum Gasteiger partial charge on any atom is -0.456 e. The van der Waals surface area contributed by atoms with Crippen molar-refractivity contribution in [1.29, 1.82) is 0 Å². The number of nitrogens with one attached hydrogen (secondary N) is 1. The van der Waals surface area contributed by atoms with Crippen molar-refractivity contribution < 1.29 is 13.9 Å². The van der Waals surface area contributed by atoms with Crippen LogP contribution in [0.25, 0.3) is 0 Å². The topological polar surface area (TPSA) is 80.7 Å². The molecular weight excluding hydrogens is 234 g/mol. The van der Waals surface area contributed by atoms with E-state index in [1.807, 2.05) is 6.92 Å². The lowest BCUT2D eigenvalue weighted by molar-refractivity contribution is -0.0213. The highest BCUT2D eigenvalue weighted by Gasteiger charge is 2.20. The lowest BCUT2D eigenvalue weighted by atomic mass is 10.2. The summed E-state index contributed by atoms with van der Waals surface area (Å²) in [6.45, 7) is 7.21. The molecule has 2 rings (SSSR count). The normalized spacial score (nSPS) is 20.9. The van der Waals surface area contributed by atoms with Gasteiger partial charge in [0, 0.05) is 25.2 Å². The van der Waals surface area contributed by atoms with Crippen molar-refractivity contribution in [2.45, 2.75) is 26.5 Å². The zero-order chi connectivity index (χ0) is 13.1. The highest BCUT2D eigenvalue weighted by Crippen LogP contribution is 2.18. The van der Waals surface area contributed by atoms with Crippen LogP contribution in [0.15, 0.2) is 10.5 Å². The Balaban J connectivity index is 2.04. The van der Waals surface area contributed by atoms with E-state index in [4.69, 9.17) is 15.0 Å². The Kier molecular flexibility index (Phi) is 4.00. The third-order valence-corrected chi connectivity index (χ3v) is 3.09. The number of carbonyl (C=O) groups is 1. The van der Waals surface area contributed by atoms with Gasteiger partial charge in [0.2, 0.25) is 0 Å². The standard InChI is InChI=1S/C12H19N3O3/c1-8-6-15(3-4-17-8)7-10-5-11(12(16)14-13)18-9(10)2/h5,8H,3-4,6-7,13H2,1-2H3,(H,14,16). The van der Waals surface area contributed by atoms with Crippen molar-refractivity contribution in [3.05, 3.63) is 23.2 Å². The van der Waals surface area contributed by atoms with Crippen molar-refractivity contribution in [2.75, 3.05) is 19.7 Å². The first-order chi connectivity index (χ1) is 8.60. The average Bonchev–Trinajstić information content (AvgIpc) is 2.70. The van der Waals surface area contributed by atoms with Crippen molar-refractivity contribution in [3.8, 4) is 0 Å². The van der Waals surface area contributed by atoms with Gasteiger partial charge in [-0.25, -0.2) is 5.84 Å². The van der Waals surface area contributed by atoms with E-state index in [0.717, 1.165) is 37.6 Å². The van der Waals surface area contributed by atoms with Gasteiger partial charge < -0.3 is 9.15 Å². The van der Waals surface area contributed by atoms with Gasteiger partial charge in [0.1, 0.15) is 5.76 Å². The lowest BCUT2D eigenvalue weighted by Gasteiger charge is -2.30. The van der Waals surface area contributed by atoms with Crippen molar-refractivity contribution in [1.82, 2.24) is 10.3 Å². The SMILES string of the molecule is Cc1oc(C(=O)NN)cc1CN1CCOC(C)C1. The Hall–Kier alpha value is -1.37. The Morgan fingerprint density at radius 1 is 1.67 bits per heavy atom. The summed E-state index contributed by atoms with van der Waals surface area (Å²) >= 11 is 0. The van der Waals surface area contributed by atoms with Crippen LogP contribution in [-0.4, -0.2) is 36.6 Å². The van der Waals surface area contributed by atoms with Crippen LogP contribution in [0.2, 0.25) is 0 Å². The largest absolute Gasteiger partial charge is 0.456 e. The summed E-state index contributed by atoms with van der Waals surface area (Å²) < 4.78 is 10.9. The summed E-state index contributed by atoms with van der Waals surface area (Å²) in [4.78, 5) is 13.6. The Bertz CT molecular complexity index is 430. The predicted octanol–water partition coefficient (Wildman–Crippen LogP) is 0.412. The number of hydrazine groups is 1. The van der Waals surface area contributed by atoms with Crippen LogP contribution in [0.1, 0.15) is 28.8 Å². The van der Waals surface area contributed by atoms with Gasteiger partial charge >= 0.3 is 5.91 Å². The summed E-state index contributed by atoms with van der Waals surface area (Å²) in [5.74, 6) is 5.69. The smallest absolute Gasteiger partial charge is 0.300 e. The molecule has 1 aromatic rings. The molecular formula is C12H19N3O3. The third-order valence-electron chi connectivity index (χ3n) is 3.09. The number of ether oxygens (including phenoxy) is 1.